The Hall–Kier alpha value is -0.790. The van der Waals surface area contributed by atoms with Gasteiger partial charge in [-0.1, -0.05) is 12.1 Å². The third-order valence-electron chi connectivity index (χ3n) is 2.41. The van der Waals surface area contributed by atoms with E-state index in [4.69, 9.17) is 4.52 Å². The van der Waals surface area contributed by atoms with Gasteiger partial charge in [-0.2, -0.15) is 0 Å². The predicted molar refractivity (Wildman–Crippen MR) is 61.8 cm³/mol. The SMILES string of the molecule is COP(C)(=O)Cc1cc(C)c(O)c(C)c1. The Morgan fingerprint density at radius 3 is 2.20 bits per heavy atom. The maximum absolute atomic E-state index is 11.8. The third-order valence-corrected chi connectivity index (χ3v) is 4.12. The summed E-state index contributed by atoms with van der Waals surface area (Å²) in [6.45, 7) is 5.28. The van der Waals surface area contributed by atoms with Crippen LogP contribution >= 0.6 is 7.37 Å². The molecule has 0 amide bonds. The topological polar surface area (TPSA) is 46.5 Å². The van der Waals surface area contributed by atoms with Gasteiger partial charge >= 0.3 is 0 Å². The lowest BCUT2D eigenvalue weighted by Gasteiger charge is -2.12. The molecule has 0 bridgehead atoms. The number of hydrogen-bond donors (Lipinski definition) is 1. The number of phenolic OH excluding ortho intramolecular Hbond substituents is 1. The molecule has 0 aliphatic heterocycles. The van der Waals surface area contributed by atoms with E-state index in [-0.39, 0.29) is 0 Å². The van der Waals surface area contributed by atoms with Crippen molar-refractivity contribution in [2.45, 2.75) is 20.0 Å². The van der Waals surface area contributed by atoms with E-state index < -0.39 is 7.37 Å². The highest BCUT2D eigenvalue weighted by Gasteiger charge is 2.15. The average molecular weight is 228 g/mol. The Bertz CT molecular complexity index is 389. The summed E-state index contributed by atoms with van der Waals surface area (Å²) in [5.41, 5.74) is 2.55. The van der Waals surface area contributed by atoms with Gasteiger partial charge in [-0.05, 0) is 30.5 Å². The molecular formula is C11H17O3P. The third kappa shape index (κ3) is 3.08. The molecule has 0 saturated heterocycles. The van der Waals surface area contributed by atoms with Gasteiger partial charge in [0.15, 0.2) is 0 Å². The van der Waals surface area contributed by atoms with Gasteiger partial charge in [0, 0.05) is 19.9 Å². The molecule has 15 heavy (non-hydrogen) atoms. The molecule has 0 fully saturated rings. The summed E-state index contributed by atoms with van der Waals surface area (Å²) in [5.74, 6) is 0.308. The Kier molecular flexibility index (Phi) is 3.58. The first-order valence-corrected chi connectivity index (χ1v) is 7.03. The van der Waals surface area contributed by atoms with Crippen molar-refractivity contribution in [3.8, 4) is 5.75 Å². The minimum atomic E-state index is -2.53. The minimum Gasteiger partial charge on any atom is -0.507 e. The van der Waals surface area contributed by atoms with E-state index in [0.29, 0.717) is 11.9 Å². The van der Waals surface area contributed by atoms with Crippen LogP contribution in [0.15, 0.2) is 12.1 Å². The van der Waals surface area contributed by atoms with E-state index in [0.717, 1.165) is 16.7 Å². The number of hydrogen-bond acceptors (Lipinski definition) is 3. The van der Waals surface area contributed by atoms with Gasteiger partial charge in [0.2, 0.25) is 7.37 Å². The van der Waals surface area contributed by atoms with E-state index in [9.17, 15) is 9.67 Å². The van der Waals surface area contributed by atoms with Gasteiger partial charge in [0.05, 0.1) is 0 Å². The highest BCUT2D eigenvalue weighted by Crippen LogP contribution is 2.45. The zero-order chi connectivity index (χ0) is 11.6. The van der Waals surface area contributed by atoms with Crippen LogP contribution in [0.5, 0.6) is 5.75 Å². The van der Waals surface area contributed by atoms with Gasteiger partial charge in [-0.15, -0.1) is 0 Å². The van der Waals surface area contributed by atoms with Crippen LogP contribution in [-0.4, -0.2) is 18.9 Å². The maximum Gasteiger partial charge on any atom is 0.204 e. The van der Waals surface area contributed by atoms with Crippen molar-refractivity contribution in [3.63, 3.8) is 0 Å². The van der Waals surface area contributed by atoms with Crippen LogP contribution in [0.2, 0.25) is 0 Å². The van der Waals surface area contributed by atoms with Crippen molar-refractivity contribution in [1.29, 1.82) is 0 Å². The van der Waals surface area contributed by atoms with Crippen LogP contribution in [-0.2, 0) is 15.3 Å². The largest absolute Gasteiger partial charge is 0.507 e. The second-order valence-corrected chi connectivity index (χ2v) is 6.64. The molecule has 0 aliphatic carbocycles. The van der Waals surface area contributed by atoms with Crippen LogP contribution in [0.1, 0.15) is 16.7 Å². The fraction of sp³-hybridized carbons (Fsp3) is 0.455. The van der Waals surface area contributed by atoms with Crippen molar-refractivity contribution in [2.75, 3.05) is 13.8 Å². The van der Waals surface area contributed by atoms with Crippen LogP contribution < -0.4 is 0 Å². The second kappa shape index (κ2) is 4.38. The smallest absolute Gasteiger partial charge is 0.204 e. The molecule has 0 aliphatic rings. The van der Waals surface area contributed by atoms with Crippen molar-refractivity contribution in [2.24, 2.45) is 0 Å². The molecule has 1 atom stereocenters. The van der Waals surface area contributed by atoms with E-state index >= 15 is 0 Å². The predicted octanol–water partition coefficient (Wildman–Crippen LogP) is 3.06. The molecule has 3 nitrogen and oxygen atoms in total. The van der Waals surface area contributed by atoms with Crippen molar-refractivity contribution in [3.05, 3.63) is 28.8 Å². The molecule has 0 spiro atoms. The monoisotopic (exact) mass is 228 g/mol. The van der Waals surface area contributed by atoms with Crippen LogP contribution in [0.3, 0.4) is 0 Å². The molecule has 0 radical (unpaired) electrons. The van der Waals surface area contributed by atoms with Crippen LogP contribution in [0, 0.1) is 13.8 Å². The zero-order valence-corrected chi connectivity index (χ0v) is 10.5. The van der Waals surface area contributed by atoms with Crippen molar-refractivity contribution in [1.82, 2.24) is 0 Å². The fourth-order valence-corrected chi connectivity index (χ4v) is 2.51. The Balaban J connectivity index is 3.03. The van der Waals surface area contributed by atoms with Crippen LogP contribution in [0.25, 0.3) is 0 Å². The van der Waals surface area contributed by atoms with E-state index in [1.165, 1.54) is 7.11 Å². The summed E-state index contributed by atoms with van der Waals surface area (Å²) in [4.78, 5) is 0. The molecule has 0 saturated carbocycles. The van der Waals surface area contributed by atoms with Gasteiger partial charge in [0.1, 0.15) is 5.75 Å². The minimum absolute atomic E-state index is 0.308. The van der Waals surface area contributed by atoms with Crippen molar-refractivity contribution < 1.29 is 14.2 Å². The number of benzene rings is 1. The lowest BCUT2D eigenvalue weighted by atomic mass is 10.1. The molecule has 4 heteroatoms. The molecule has 84 valence electrons. The number of aryl methyl sites for hydroxylation is 2. The van der Waals surface area contributed by atoms with Crippen molar-refractivity contribution >= 4 is 7.37 Å². The summed E-state index contributed by atoms with van der Waals surface area (Å²) in [5, 5.41) is 9.59. The summed E-state index contributed by atoms with van der Waals surface area (Å²) in [6.07, 6.45) is 0.408. The Morgan fingerprint density at radius 1 is 1.33 bits per heavy atom. The number of phenols is 1. The highest BCUT2D eigenvalue weighted by atomic mass is 31.2. The van der Waals surface area contributed by atoms with E-state index in [1.807, 2.05) is 26.0 Å². The molecule has 0 heterocycles. The summed E-state index contributed by atoms with van der Waals surface area (Å²) < 4.78 is 16.7. The van der Waals surface area contributed by atoms with E-state index in [1.54, 1.807) is 6.66 Å². The average Bonchev–Trinajstić information content (AvgIpc) is 2.13. The summed E-state index contributed by atoms with van der Waals surface area (Å²) >= 11 is 0. The molecule has 0 aromatic heterocycles. The van der Waals surface area contributed by atoms with Gasteiger partial charge in [-0.25, -0.2) is 0 Å². The van der Waals surface area contributed by atoms with Gasteiger partial charge in [0.25, 0.3) is 0 Å². The molecule has 1 unspecified atom stereocenters. The molecule has 1 aromatic carbocycles. The molecule has 1 aromatic rings. The quantitative estimate of drug-likeness (QED) is 0.809. The first kappa shape index (κ1) is 12.3. The molecule has 1 N–H and O–H groups in total. The lowest BCUT2D eigenvalue weighted by Crippen LogP contribution is -1.92. The number of rotatable bonds is 3. The van der Waals surface area contributed by atoms with Gasteiger partial charge in [-0.3, -0.25) is 4.57 Å². The maximum atomic E-state index is 11.8. The van der Waals surface area contributed by atoms with Crippen LogP contribution in [0.4, 0.5) is 0 Å². The molecular weight excluding hydrogens is 211 g/mol. The highest BCUT2D eigenvalue weighted by molar-refractivity contribution is 7.57. The first-order valence-electron chi connectivity index (χ1n) is 4.77. The summed E-state index contributed by atoms with van der Waals surface area (Å²) in [7, 11) is -1.07. The van der Waals surface area contributed by atoms with E-state index in [2.05, 4.69) is 0 Å². The first-order chi connectivity index (χ1) is 6.85. The number of aromatic hydroxyl groups is 1. The molecule has 1 rings (SSSR count). The normalized spacial score (nSPS) is 14.9. The Morgan fingerprint density at radius 2 is 1.80 bits per heavy atom. The summed E-state index contributed by atoms with van der Waals surface area (Å²) in [6, 6.07) is 3.69. The second-order valence-electron chi connectivity index (χ2n) is 3.93. The lowest BCUT2D eigenvalue weighted by molar-refractivity contribution is 0.397. The fourth-order valence-electron chi connectivity index (χ4n) is 1.53. The standard InChI is InChI=1S/C11H17O3P/c1-8-5-10(6-9(2)11(8)12)7-15(4,13)14-3/h5-6,12H,7H2,1-4H3. The van der Waals surface area contributed by atoms with Gasteiger partial charge < -0.3 is 9.63 Å². The zero-order valence-electron chi connectivity index (χ0n) is 9.57. The Labute approximate surface area is 90.5 Å².